The van der Waals surface area contributed by atoms with Crippen LogP contribution in [0.4, 0.5) is 5.69 Å². The highest BCUT2D eigenvalue weighted by atomic mass is 32.2. The summed E-state index contributed by atoms with van der Waals surface area (Å²) in [6, 6.07) is 6.53. The molecule has 5 nitrogen and oxygen atoms in total. The number of carbonyl (C=O) groups is 2. The van der Waals surface area contributed by atoms with Crippen molar-refractivity contribution in [3.8, 4) is 0 Å². The highest BCUT2D eigenvalue weighted by Crippen LogP contribution is 2.26. The summed E-state index contributed by atoms with van der Waals surface area (Å²) in [5.74, 6) is 0.807. The first-order chi connectivity index (χ1) is 9.61. The third-order valence-corrected chi connectivity index (χ3v) is 3.87. The zero-order chi connectivity index (χ0) is 14.5. The van der Waals surface area contributed by atoms with Crippen molar-refractivity contribution in [2.45, 2.75) is 6.92 Å². The molecule has 1 aliphatic rings. The molecule has 6 heteroatoms. The predicted octanol–water partition coefficient (Wildman–Crippen LogP) is 2.41. The fourth-order valence-corrected chi connectivity index (χ4v) is 2.54. The number of hydrogen-bond acceptors (Lipinski definition) is 5. The number of nitrogens with one attached hydrogen (secondary N) is 1. The first-order valence-electron chi connectivity index (χ1n) is 6.08. The summed E-state index contributed by atoms with van der Waals surface area (Å²) >= 11 is 1.48. The van der Waals surface area contributed by atoms with Crippen LogP contribution in [0.3, 0.4) is 0 Å². The summed E-state index contributed by atoms with van der Waals surface area (Å²) < 4.78 is 9.96. The number of esters is 1. The number of thioether (sulfide) groups is 1. The van der Waals surface area contributed by atoms with E-state index < -0.39 is 5.97 Å². The largest absolute Gasteiger partial charge is 0.496 e. The van der Waals surface area contributed by atoms with Crippen molar-refractivity contribution in [2.24, 2.45) is 0 Å². The SMILES string of the molecule is COC(=O)c1ccc(NC(=O)C2=C(C)OCCS2)cc1. The van der Waals surface area contributed by atoms with Gasteiger partial charge in [0.2, 0.25) is 0 Å². The Kier molecular flexibility index (Phi) is 4.68. The molecule has 0 aliphatic carbocycles. The average Bonchev–Trinajstić information content (AvgIpc) is 2.47. The lowest BCUT2D eigenvalue weighted by Gasteiger charge is -2.17. The van der Waals surface area contributed by atoms with E-state index in [2.05, 4.69) is 10.1 Å². The molecule has 0 unspecified atom stereocenters. The van der Waals surface area contributed by atoms with Crippen LogP contribution in [0.5, 0.6) is 0 Å². The van der Waals surface area contributed by atoms with Crippen LogP contribution in [0.1, 0.15) is 17.3 Å². The molecule has 1 N–H and O–H groups in total. The van der Waals surface area contributed by atoms with Gasteiger partial charge in [-0.1, -0.05) is 0 Å². The Morgan fingerprint density at radius 2 is 2.00 bits per heavy atom. The molecule has 2 rings (SSSR count). The van der Waals surface area contributed by atoms with E-state index in [1.165, 1.54) is 18.9 Å². The van der Waals surface area contributed by atoms with Crippen molar-refractivity contribution >= 4 is 29.3 Å². The Balaban J connectivity index is 2.06. The zero-order valence-corrected chi connectivity index (χ0v) is 12.1. The fraction of sp³-hybridized carbons (Fsp3) is 0.286. The van der Waals surface area contributed by atoms with E-state index in [1.807, 2.05) is 0 Å². The molecule has 0 bridgehead atoms. The molecule has 20 heavy (non-hydrogen) atoms. The lowest BCUT2D eigenvalue weighted by molar-refractivity contribution is -0.112. The Hall–Kier alpha value is -1.95. The van der Waals surface area contributed by atoms with E-state index in [1.54, 1.807) is 31.2 Å². The predicted molar refractivity (Wildman–Crippen MR) is 77.5 cm³/mol. The number of carbonyl (C=O) groups excluding carboxylic acids is 2. The number of benzene rings is 1. The first kappa shape index (κ1) is 14.5. The average molecular weight is 293 g/mol. The molecule has 0 saturated heterocycles. The molecule has 0 aromatic heterocycles. The molecule has 0 atom stereocenters. The van der Waals surface area contributed by atoms with E-state index in [-0.39, 0.29) is 5.91 Å². The van der Waals surface area contributed by atoms with Crippen molar-refractivity contribution in [1.82, 2.24) is 0 Å². The molecule has 1 aliphatic heterocycles. The number of amides is 1. The summed E-state index contributed by atoms with van der Waals surface area (Å²) in [6.07, 6.45) is 0. The van der Waals surface area contributed by atoms with Gasteiger partial charge in [-0.3, -0.25) is 4.79 Å². The second kappa shape index (κ2) is 6.47. The maximum absolute atomic E-state index is 12.1. The number of anilines is 1. The van der Waals surface area contributed by atoms with Gasteiger partial charge in [-0.05, 0) is 31.2 Å². The minimum absolute atomic E-state index is 0.196. The quantitative estimate of drug-likeness (QED) is 0.867. The zero-order valence-electron chi connectivity index (χ0n) is 11.3. The second-order valence-electron chi connectivity index (χ2n) is 4.11. The minimum Gasteiger partial charge on any atom is -0.496 e. The van der Waals surface area contributed by atoms with Crippen LogP contribution in [-0.2, 0) is 14.3 Å². The van der Waals surface area contributed by atoms with Gasteiger partial charge in [-0.2, -0.15) is 0 Å². The molecule has 0 radical (unpaired) electrons. The topological polar surface area (TPSA) is 64.6 Å². The number of ether oxygens (including phenoxy) is 2. The second-order valence-corrected chi connectivity index (χ2v) is 5.21. The smallest absolute Gasteiger partial charge is 0.337 e. The van der Waals surface area contributed by atoms with Crippen molar-refractivity contribution in [1.29, 1.82) is 0 Å². The van der Waals surface area contributed by atoms with Gasteiger partial charge >= 0.3 is 5.97 Å². The van der Waals surface area contributed by atoms with Gasteiger partial charge in [0.15, 0.2) is 0 Å². The number of hydrogen-bond donors (Lipinski definition) is 1. The lowest BCUT2D eigenvalue weighted by atomic mass is 10.2. The van der Waals surface area contributed by atoms with Crippen LogP contribution in [0, 0.1) is 0 Å². The van der Waals surface area contributed by atoms with Crippen LogP contribution in [0.25, 0.3) is 0 Å². The van der Waals surface area contributed by atoms with Gasteiger partial charge in [0.1, 0.15) is 10.7 Å². The highest BCUT2D eigenvalue weighted by molar-refractivity contribution is 8.04. The molecule has 0 fully saturated rings. The Morgan fingerprint density at radius 3 is 2.60 bits per heavy atom. The number of rotatable bonds is 3. The van der Waals surface area contributed by atoms with E-state index in [9.17, 15) is 9.59 Å². The van der Waals surface area contributed by atoms with Crippen molar-refractivity contribution in [3.63, 3.8) is 0 Å². The molecule has 0 saturated carbocycles. The summed E-state index contributed by atoms with van der Waals surface area (Å²) in [5, 5.41) is 2.78. The fourth-order valence-electron chi connectivity index (χ4n) is 1.73. The van der Waals surface area contributed by atoms with Crippen molar-refractivity contribution < 1.29 is 19.1 Å². The standard InChI is InChI=1S/C14H15NO4S/c1-9-12(20-8-7-19-9)13(16)15-11-5-3-10(4-6-11)14(17)18-2/h3-6H,7-8H2,1-2H3,(H,15,16). The number of methoxy groups -OCH3 is 1. The summed E-state index contributed by atoms with van der Waals surface area (Å²) in [4.78, 5) is 24.0. The van der Waals surface area contributed by atoms with Crippen molar-refractivity contribution in [2.75, 3.05) is 24.8 Å². The van der Waals surface area contributed by atoms with E-state index >= 15 is 0 Å². The molecule has 1 aromatic carbocycles. The van der Waals surface area contributed by atoms with Gasteiger partial charge in [-0.25, -0.2) is 4.79 Å². The minimum atomic E-state index is -0.405. The number of allylic oxidation sites excluding steroid dienone is 1. The Labute approximate surface area is 121 Å². The van der Waals surface area contributed by atoms with Gasteiger partial charge in [0.05, 0.1) is 19.3 Å². The van der Waals surface area contributed by atoms with Crippen LogP contribution in [-0.4, -0.2) is 31.3 Å². The molecule has 1 heterocycles. The molecule has 1 aromatic rings. The molecule has 106 valence electrons. The lowest BCUT2D eigenvalue weighted by Crippen LogP contribution is -2.18. The molecule has 0 spiro atoms. The van der Waals surface area contributed by atoms with Gasteiger partial charge in [0, 0.05) is 11.4 Å². The van der Waals surface area contributed by atoms with E-state index in [0.29, 0.717) is 28.5 Å². The monoisotopic (exact) mass is 293 g/mol. The van der Waals surface area contributed by atoms with E-state index in [4.69, 9.17) is 4.74 Å². The molecule has 1 amide bonds. The highest BCUT2D eigenvalue weighted by Gasteiger charge is 2.18. The molecular weight excluding hydrogens is 278 g/mol. The van der Waals surface area contributed by atoms with E-state index in [0.717, 1.165) is 5.75 Å². The molecular formula is C14H15NO4S. The Morgan fingerprint density at radius 1 is 1.30 bits per heavy atom. The Bertz CT molecular complexity index is 551. The third-order valence-electron chi connectivity index (χ3n) is 2.74. The maximum atomic E-state index is 12.1. The van der Waals surface area contributed by atoms with Gasteiger partial charge < -0.3 is 14.8 Å². The van der Waals surface area contributed by atoms with Gasteiger partial charge in [-0.15, -0.1) is 11.8 Å². The normalized spacial score (nSPS) is 14.5. The summed E-state index contributed by atoms with van der Waals surface area (Å²) in [6.45, 7) is 2.41. The summed E-state index contributed by atoms with van der Waals surface area (Å²) in [5.41, 5.74) is 1.06. The maximum Gasteiger partial charge on any atom is 0.337 e. The summed E-state index contributed by atoms with van der Waals surface area (Å²) in [7, 11) is 1.33. The van der Waals surface area contributed by atoms with Crippen LogP contribution in [0.2, 0.25) is 0 Å². The van der Waals surface area contributed by atoms with Gasteiger partial charge in [0.25, 0.3) is 5.91 Å². The van der Waals surface area contributed by atoms with Crippen molar-refractivity contribution in [3.05, 3.63) is 40.5 Å². The van der Waals surface area contributed by atoms with Crippen LogP contribution >= 0.6 is 11.8 Å². The van der Waals surface area contributed by atoms with Crippen LogP contribution in [0.15, 0.2) is 34.9 Å². The van der Waals surface area contributed by atoms with Crippen LogP contribution < -0.4 is 5.32 Å². The first-order valence-corrected chi connectivity index (χ1v) is 7.06. The third kappa shape index (κ3) is 3.33.